The quantitative estimate of drug-likeness (QED) is 0.495. The molecule has 2 heterocycles. The number of imidazole rings is 1. The van der Waals surface area contributed by atoms with Gasteiger partial charge in [0.2, 0.25) is 0 Å². The summed E-state index contributed by atoms with van der Waals surface area (Å²) >= 11 is 0. The van der Waals surface area contributed by atoms with Gasteiger partial charge in [0.25, 0.3) is 0 Å². The molecular formula is C20H25FN6O. The average Bonchev–Trinajstić information content (AvgIpc) is 3.09. The van der Waals surface area contributed by atoms with Crippen LogP contribution in [0.1, 0.15) is 24.4 Å². The normalized spacial score (nSPS) is 11.1. The fourth-order valence-electron chi connectivity index (χ4n) is 2.90. The molecule has 8 heteroatoms. The number of urea groups is 1. The first kappa shape index (κ1) is 19.8. The number of carbonyl (C=O) groups is 1. The average molecular weight is 384 g/mol. The minimum atomic E-state index is -0.421. The summed E-state index contributed by atoms with van der Waals surface area (Å²) in [6.07, 6.45) is 3.31. The number of halogens is 1. The van der Waals surface area contributed by atoms with Gasteiger partial charge in [-0.05, 0) is 50.7 Å². The van der Waals surface area contributed by atoms with Crippen LogP contribution >= 0.6 is 0 Å². The molecule has 0 atom stereocenters. The Morgan fingerprint density at radius 3 is 2.86 bits per heavy atom. The van der Waals surface area contributed by atoms with Gasteiger partial charge in [0.05, 0.1) is 29.8 Å². The lowest BCUT2D eigenvalue weighted by Crippen LogP contribution is -2.36. The third kappa shape index (κ3) is 5.75. The molecule has 0 aliphatic carbocycles. The first-order chi connectivity index (χ1) is 13.6. The number of nitrogens with one attached hydrogen (secondary N) is 3. The van der Waals surface area contributed by atoms with Crippen LogP contribution in [0.25, 0.3) is 11.0 Å². The number of nitrogens with zero attached hydrogens (tertiary/aromatic N) is 3. The molecule has 0 unspecified atom stereocenters. The van der Waals surface area contributed by atoms with E-state index >= 15 is 0 Å². The van der Waals surface area contributed by atoms with E-state index in [4.69, 9.17) is 0 Å². The van der Waals surface area contributed by atoms with E-state index in [1.807, 2.05) is 24.3 Å². The Labute approximate surface area is 163 Å². The third-order valence-electron chi connectivity index (χ3n) is 4.36. The highest BCUT2D eigenvalue weighted by Gasteiger charge is 2.07. The van der Waals surface area contributed by atoms with Gasteiger partial charge in [-0.15, -0.1) is 0 Å². The topological polar surface area (TPSA) is 85.9 Å². The van der Waals surface area contributed by atoms with Crippen LogP contribution in [0, 0.1) is 5.82 Å². The lowest BCUT2D eigenvalue weighted by Gasteiger charge is -2.15. The summed E-state index contributed by atoms with van der Waals surface area (Å²) in [6, 6.07) is 10.5. The number of hydrogen-bond donors (Lipinski definition) is 3. The molecule has 3 N–H and O–H groups in total. The predicted octanol–water partition coefficient (Wildman–Crippen LogP) is 2.81. The molecular weight excluding hydrogens is 359 g/mol. The van der Waals surface area contributed by atoms with Crippen LogP contribution in [0.2, 0.25) is 0 Å². The molecule has 0 saturated carbocycles. The highest BCUT2D eigenvalue weighted by Crippen LogP contribution is 2.11. The Balaban J connectivity index is 1.28. The molecule has 0 bridgehead atoms. The van der Waals surface area contributed by atoms with Crippen molar-refractivity contribution in [2.45, 2.75) is 25.9 Å². The predicted molar refractivity (Wildman–Crippen MR) is 106 cm³/mol. The minimum Gasteiger partial charge on any atom is -0.341 e. The molecule has 28 heavy (non-hydrogen) atoms. The van der Waals surface area contributed by atoms with Gasteiger partial charge in [0.15, 0.2) is 0 Å². The van der Waals surface area contributed by atoms with Gasteiger partial charge in [0, 0.05) is 12.7 Å². The summed E-state index contributed by atoms with van der Waals surface area (Å²) in [4.78, 5) is 25.8. The van der Waals surface area contributed by atoms with Crippen LogP contribution in [-0.4, -0.2) is 46.0 Å². The number of pyridine rings is 1. The van der Waals surface area contributed by atoms with Crippen LogP contribution in [0.3, 0.4) is 0 Å². The summed E-state index contributed by atoms with van der Waals surface area (Å²) in [5, 5.41) is 5.39. The van der Waals surface area contributed by atoms with E-state index in [2.05, 4.69) is 37.5 Å². The zero-order valence-corrected chi connectivity index (χ0v) is 15.9. The van der Waals surface area contributed by atoms with Gasteiger partial charge >= 0.3 is 6.03 Å². The van der Waals surface area contributed by atoms with E-state index in [0.717, 1.165) is 42.8 Å². The van der Waals surface area contributed by atoms with Crippen molar-refractivity contribution >= 4 is 17.1 Å². The zero-order chi connectivity index (χ0) is 19.8. The second-order valence-corrected chi connectivity index (χ2v) is 6.69. The van der Waals surface area contributed by atoms with Crippen molar-refractivity contribution in [2.24, 2.45) is 0 Å². The highest BCUT2D eigenvalue weighted by molar-refractivity contribution is 5.74. The number of H-pyrrole nitrogens is 1. The summed E-state index contributed by atoms with van der Waals surface area (Å²) < 4.78 is 13.4. The van der Waals surface area contributed by atoms with Crippen molar-refractivity contribution in [2.75, 3.05) is 20.1 Å². The molecule has 0 fully saturated rings. The maximum Gasteiger partial charge on any atom is 0.315 e. The maximum atomic E-state index is 13.4. The van der Waals surface area contributed by atoms with E-state index in [1.165, 1.54) is 18.3 Å². The van der Waals surface area contributed by atoms with Crippen LogP contribution in [0.4, 0.5) is 9.18 Å². The van der Waals surface area contributed by atoms with Crippen LogP contribution in [0.15, 0.2) is 42.6 Å². The van der Waals surface area contributed by atoms with Crippen molar-refractivity contribution in [3.63, 3.8) is 0 Å². The Morgan fingerprint density at radius 2 is 2.04 bits per heavy atom. The van der Waals surface area contributed by atoms with E-state index < -0.39 is 5.82 Å². The Morgan fingerprint density at radius 1 is 1.18 bits per heavy atom. The van der Waals surface area contributed by atoms with Crippen molar-refractivity contribution in [3.8, 4) is 0 Å². The molecule has 148 valence electrons. The lowest BCUT2D eigenvalue weighted by molar-refractivity contribution is 0.239. The second kappa shape index (κ2) is 9.80. The zero-order valence-electron chi connectivity index (χ0n) is 15.9. The molecule has 3 aromatic rings. The van der Waals surface area contributed by atoms with Gasteiger partial charge in [-0.3, -0.25) is 9.88 Å². The third-order valence-corrected chi connectivity index (χ3v) is 4.36. The fraction of sp³-hybridized carbons (Fsp3) is 0.350. The summed E-state index contributed by atoms with van der Waals surface area (Å²) in [5.74, 6) is 0.526. The maximum absolute atomic E-state index is 13.4. The van der Waals surface area contributed by atoms with Crippen molar-refractivity contribution in [3.05, 3.63) is 59.9 Å². The number of para-hydroxylation sites is 2. The second-order valence-electron chi connectivity index (χ2n) is 6.69. The minimum absolute atomic E-state index is 0.0682. The number of aromatic amines is 1. The van der Waals surface area contributed by atoms with Gasteiger partial charge < -0.3 is 15.6 Å². The molecule has 3 rings (SSSR count). The molecule has 0 saturated heterocycles. The smallest absolute Gasteiger partial charge is 0.315 e. The first-order valence-corrected chi connectivity index (χ1v) is 9.35. The fourth-order valence-corrected chi connectivity index (χ4v) is 2.90. The number of carbonyl (C=O) groups excluding carboxylic acids is 1. The molecule has 0 aliphatic heterocycles. The first-order valence-electron chi connectivity index (χ1n) is 9.35. The number of benzene rings is 1. The van der Waals surface area contributed by atoms with E-state index in [9.17, 15) is 9.18 Å². The molecule has 2 amide bonds. The van der Waals surface area contributed by atoms with E-state index in [1.54, 1.807) is 0 Å². The Kier molecular flexibility index (Phi) is 6.91. The number of amides is 2. The largest absolute Gasteiger partial charge is 0.341 e. The van der Waals surface area contributed by atoms with Gasteiger partial charge in [-0.25, -0.2) is 14.2 Å². The van der Waals surface area contributed by atoms with Crippen LogP contribution in [0.5, 0.6) is 0 Å². The molecule has 1 aromatic carbocycles. The summed E-state index contributed by atoms with van der Waals surface area (Å²) in [5.41, 5.74) is 2.25. The van der Waals surface area contributed by atoms with Crippen LogP contribution < -0.4 is 10.6 Å². The van der Waals surface area contributed by atoms with Crippen molar-refractivity contribution in [1.82, 2.24) is 30.5 Å². The van der Waals surface area contributed by atoms with Crippen LogP contribution in [-0.2, 0) is 13.1 Å². The monoisotopic (exact) mass is 384 g/mol. The number of hydrogen-bond acceptors (Lipinski definition) is 4. The van der Waals surface area contributed by atoms with Gasteiger partial charge in [0.1, 0.15) is 11.6 Å². The number of rotatable bonds is 9. The molecule has 0 radical (unpaired) electrons. The summed E-state index contributed by atoms with van der Waals surface area (Å²) in [6.45, 7) is 2.28. The van der Waals surface area contributed by atoms with Crippen molar-refractivity contribution < 1.29 is 9.18 Å². The SMILES string of the molecule is CN(CCCCNC(=O)NCc1ncccc1F)Cc1nc2ccccc2[nH]1. The molecule has 0 spiro atoms. The van der Waals surface area contributed by atoms with Gasteiger partial charge in [-0.1, -0.05) is 12.1 Å². The van der Waals surface area contributed by atoms with E-state index in [-0.39, 0.29) is 18.3 Å². The summed E-state index contributed by atoms with van der Waals surface area (Å²) in [7, 11) is 2.05. The Bertz CT molecular complexity index is 879. The Hall–Kier alpha value is -3.00. The number of fused-ring (bicyclic) bond motifs is 1. The molecule has 7 nitrogen and oxygen atoms in total. The molecule has 0 aliphatic rings. The molecule has 2 aromatic heterocycles. The number of unbranched alkanes of at least 4 members (excludes halogenated alkanes) is 1. The lowest BCUT2D eigenvalue weighted by atomic mass is 10.3. The standard InChI is InChI=1S/C20H25FN6O/c1-27(14-19-25-16-8-2-3-9-17(16)26-19)12-5-4-10-23-20(28)24-13-18-15(21)7-6-11-22-18/h2-3,6-9,11H,4-5,10,12-14H2,1H3,(H,25,26)(H2,23,24,28). The van der Waals surface area contributed by atoms with Crippen molar-refractivity contribution in [1.29, 1.82) is 0 Å². The van der Waals surface area contributed by atoms with Gasteiger partial charge in [-0.2, -0.15) is 0 Å². The van der Waals surface area contributed by atoms with E-state index in [0.29, 0.717) is 6.54 Å². The highest BCUT2D eigenvalue weighted by atomic mass is 19.1. The number of aromatic nitrogens is 3.